The molecule has 5 nitrogen and oxygen atoms in total. The molecular weight excluding hydrogens is 248 g/mol. The molecule has 0 heterocycles. The topological polar surface area (TPSA) is 68.6 Å². The fourth-order valence-corrected chi connectivity index (χ4v) is 1.35. The number of carbonyl (C=O) groups excluding carboxylic acids is 1. The average Bonchev–Trinajstić information content (AvgIpc) is 2.36. The van der Waals surface area contributed by atoms with E-state index in [1.54, 1.807) is 6.07 Å². The molecule has 0 N–H and O–H groups in total. The van der Waals surface area contributed by atoms with Crippen molar-refractivity contribution in [2.75, 3.05) is 14.2 Å². The standard InChI is InChI=1S/C11H9F2NO4/c1-16-9-7(18-11(12)13)4-3-6(5-14)8(9)10(15)17-2/h3-4,11H,1-2H3. The van der Waals surface area contributed by atoms with Crippen LogP contribution in [0.1, 0.15) is 15.9 Å². The van der Waals surface area contributed by atoms with Crippen molar-refractivity contribution in [1.29, 1.82) is 5.26 Å². The summed E-state index contributed by atoms with van der Waals surface area (Å²) >= 11 is 0. The van der Waals surface area contributed by atoms with Gasteiger partial charge in [-0.2, -0.15) is 14.0 Å². The fraction of sp³-hybridized carbons (Fsp3) is 0.273. The minimum absolute atomic E-state index is 0.0553. The molecule has 0 saturated carbocycles. The van der Waals surface area contributed by atoms with E-state index in [9.17, 15) is 13.6 Å². The van der Waals surface area contributed by atoms with Crippen molar-refractivity contribution in [2.45, 2.75) is 6.61 Å². The van der Waals surface area contributed by atoms with Gasteiger partial charge in [0, 0.05) is 0 Å². The van der Waals surface area contributed by atoms with Crippen LogP contribution >= 0.6 is 0 Å². The predicted octanol–water partition coefficient (Wildman–Crippen LogP) is 1.95. The second-order valence-corrected chi connectivity index (χ2v) is 3.00. The second-order valence-electron chi connectivity index (χ2n) is 3.00. The molecule has 0 radical (unpaired) electrons. The third kappa shape index (κ3) is 2.66. The monoisotopic (exact) mass is 257 g/mol. The summed E-state index contributed by atoms with van der Waals surface area (Å²) in [7, 11) is 2.27. The predicted molar refractivity (Wildman–Crippen MR) is 55.7 cm³/mol. The molecule has 1 aromatic carbocycles. The Morgan fingerprint density at radius 2 is 2.06 bits per heavy atom. The summed E-state index contributed by atoms with van der Waals surface area (Å²) in [6.07, 6.45) is 0. The van der Waals surface area contributed by atoms with Gasteiger partial charge in [0.25, 0.3) is 0 Å². The number of nitriles is 1. The number of esters is 1. The maximum atomic E-state index is 12.2. The molecule has 0 aliphatic rings. The van der Waals surface area contributed by atoms with Crippen LogP contribution in [-0.4, -0.2) is 26.8 Å². The Kier molecular flexibility index (Phi) is 4.43. The Morgan fingerprint density at radius 1 is 1.39 bits per heavy atom. The number of benzene rings is 1. The van der Waals surface area contributed by atoms with E-state index in [0.717, 1.165) is 13.2 Å². The molecule has 1 aromatic rings. The molecule has 0 amide bonds. The van der Waals surface area contributed by atoms with Gasteiger partial charge in [0.15, 0.2) is 11.5 Å². The van der Waals surface area contributed by atoms with Crippen LogP contribution in [0.4, 0.5) is 8.78 Å². The highest BCUT2D eigenvalue weighted by Crippen LogP contribution is 2.34. The molecule has 0 aliphatic carbocycles. The van der Waals surface area contributed by atoms with Crippen molar-refractivity contribution >= 4 is 5.97 Å². The molecule has 0 fully saturated rings. The Labute approximate surface area is 101 Å². The quantitative estimate of drug-likeness (QED) is 0.771. The zero-order valence-corrected chi connectivity index (χ0v) is 9.57. The Bertz CT molecular complexity index is 497. The van der Waals surface area contributed by atoms with Gasteiger partial charge in [-0.3, -0.25) is 0 Å². The number of alkyl halides is 2. The Hall–Kier alpha value is -2.36. The van der Waals surface area contributed by atoms with Crippen LogP contribution in [0.25, 0.3) is 0 Å². The summed E-state index contributed by atoms with van der Waals surface area (Å²) < 4.78 is 37.8. The highest BCUT2D eigenvalue weighted by Gasteiger charge is 2.23. The van der Waals surface area contributed by atoms with Gasteiger partial charge in [-0.25, -0.2) is 4.79 Å². The van der Waals surface area contributed by atoms with Gasteiger partial charge >= 0.3 is 12.6 Å². The summed E-state index contributed by atoms with van der Waals surface area (Å²) in [5, 5.41) is 8.85. The van der Waals surface area contributed by atoms with Gasteiger partial charge in [0.1, 0.15) is 11.6 Å². The zero-order chi connectivity index (χ0) is 13.7. The van der Waals surface area contributed by atoms with Crippen LogP contribution in [0.5, 0.6) is 11.5 Å². The first kappa shape index (κ1) is 13.7. The summed E-state index contributed by atoms with van der Waals surface area (Å²) in [5.41, 5.74) is -0.305. The number of methoxy groups -OCH3 is 2. The number of carbonyl (C=O) groups is 1. The van der Waals surface area contributed by atoms with Gasteiger partial charge in [-0.05, 0) is 12.1 Å². The van der Waals surface area contributed by atoms with E-state index >= 15 is 0 Å². The lowest BCUT2D eigenvalue weighted by molar-refractivity contribution is -0.0513. The van der Waals surface area contributed by atoms with E-state index in [-0.39, 0.29) is 22.6 Å². The van der Waals surface area contributed by atoms with Crippen LogP contribution in [0.2, 0.25) is 0 Å². The van der Waals surface area contributed by atoms with E-state index in [2.05, 4.69) is 9.47 Å². The van der Waals surface area contributed by atoms with Gasteiger partial charge < -0.3 is 14.2 Å². The number of hydrogen-bond acceptors (Lipinski definition) is 5. The highest BCUT2D eigenvalue weighted by molar-refractivity contribution is 5.96. The van der Waals surface area contributed by atoms with Crippen molar-refractivity contribution in [3.8, 4) is 17.6 Å². The van der Waals surface area contributed by atoms with Crippen LogP contribution in [0.3, 0.4) is 0 Å². The number of ether oxygens (including phenoxy) is 3. The van der Waals surface area contributed by atoms with Crippen molar-refractivity contribution in [1.82, 2.24) is 0 Å². The van der Waals surface area contributed by atoms with Gasteiger partial charge in [0.05, 0.1) is 19.8 Å². The van der Waals surface area contributed by atoms with E-state index in [1.165, 1.54) is 13.2 Å². The molecule has 0 aromatic heterocycles. The summed E-state index contributed by atoms with van der Waals surface area (Å²) in [6.45, 7) is -3.07. The molecule has 0 unspecified atom stereocenters. The lowest BCUT2D eigenvalue weighted by atomic mass is 10.1. The molecule has 0 spiro atoms. The molecule has 18 heavy (non-hydrogen) atoms. The minimum Gasteiger partial charge on any atom is -0.492 e. The van der Waals surface area contributed by atoms with Crippen molar-refractivity contribution in [3.63, 3.8) is 0 Å². The van der Waals surface area contributed by atoms with Crippen LogP contribution in [0.15, 0.2) is 12.1 Å². The molecule has 96 valence electrons. The number of hydrogen-bond donors (Lipinski definition) is 0. The lowest BCUT2D eigenvalue weighted by Gasteiger charge is -2.13. The van der Waals surface area contributed by atoms with Crippen LogP contribution in [-0.2, 0) is 4.74 Å². The number of nitrogens with zero attached hydrogens (tertiary/aromatic N) is 1. The van der Waals surface area contributed by atoms with E-state index in [1.807, 2.05) is 0 Å². The van der Waals surface area contributed by atoms with Crippen LogP contribution in [0, 0.1) is 11.3 Å². The van der Waals surface area contributed by atoms with Crippen molar-refractivity contribution in [2.24, 2.45) is 0 Å². The van der Waals surface area contributed by atoms with Crippen molar-refractivity contribution < 1.29 is 27.8 Å². The maximum absolute atomic E-state index is 12.2. The number of rotatable bonds is 4. The summed E-state index contributed by atoms with van der Waals surface area (Å²) in [6, 6.07) is 4.04. The van der Waals surface area contributed by atoms with E-state index < -0.39 is 12.6 Å². The third-order valence-electron chi connectivity index (χ3n) is 2.05. The first-order valence-corrected chi connectivity index (χ1v) is 4.69. The lowest BCUT2D eigenvalue weighted by Crippen LogP contribution is -2.10. The third-order valence-corrected chi connectivity index (χ3v) is 2.05. The van der Waals surface area contributed by atoms with E-state index in [4.69, 9.17) is 10.00 Å². The smallest absolute Gasteiger partial charge is 0.387 e. The molecule has 0 atom stereocenters. The largest absolute Gasteiger partial charge is 0.492 e. The fourth-order valence-electron chi connectivity index (χ4n) is 1.35. The Morgan fingerprint density at radius 3 is 2.50 bits per heavy atom. The molecule has 0 aliphatic heterocycles. The second kappa shape index (κ2) is 5.82. The summed E-state index contributed by atoms with van der Waals surface area (Å²) in [5.74, 6) is -1.48. The molecule has 1 rings (SSSR count). The van der Waals surface area contributed by atoms with Gasteiger partial charge in [-0.1, -0.05) is 0 Å². The zero-order valence-electron chi connectivity index (χ0n) is 9.57. The molecule has 0 bridgehead atoms. The minimum atomic E-state index is -3.07. The maximum Gasteiger partial charge on any atom is 0.387 e. The molecular formula is C11H9F2NO4. The molecule has 0 saturated heterocycles. The van der Waals surface area contributed by atoms with Gasteiger partial charge in [0.2, 0.25) is 0 Å². The SMILES string of the molecule is COC(=O)c1c(C#N)ccc(OC(F)F)c1OC. The van der Waals surface area contributed by atoms with Gasteiger partial charge in [-0.15, -0.1) is 0 Å². The van der Waals surface area contributed by atoms with Crippen LogP contribution < -0.4 is 9.47 Å². The highest BCUT2D eigenvalue weighted by atomic mass is 19.3. The normalized spacial score (nSPS) is 9.78. The van der Waals surface area contributed by atoms with Crippen molar-refractivity contribution in [3.05, 3.63) is 23.3 Å². The summed E-state index contributed by atoms with van der Waals surface area (Å²) in [4.78, 5) is 11.5. The first-order chi connectivity index (χ1) is 8.54. The van der Waals surface area contributed by atoms with E-state index in [0.29, 0.717) is 0 Å². The first-order valence-electron chi connectivity index (χ1n) is 4.69. The average molecular weight is 257 g/mol. The Balaban J connectivity index is 3.43. The number of halogens is 2. The molecule has 7 heteroatoms.